The number of benzene rings is 1. The van der Waals surface area contributed by atoms with E-state index in [0.717, 1.165) is 6.20 Å². The van der Waals surface area contributed by atoms with Crippen molar-refractivity contribution >= 4 is 17.6 Å². The van der Waals surface area contributed by atoms with Crippen LogP contribution in [0.1, 0.15) is 21.6 Å². The zero-order valence-electron chi connectivity index (χ0n) is 10.6. The summed E-state index contributed by atoms with van der Waals surface area (Å²) in [6.45, 7) is 0. The number of hydrogen-bond donors (Lipinski definition) is 1. The normalized spacial score (nSPS) is 11.0. The van der Waals surface area contributed by atoms with Crippen LogP contribution >= 0.6 is 11.6 Å². The lowest BCUT2D eigenvalue weighted by molar-refractivity contribution is -0.141. The quantitative estimate of drug-likeness (QED) is 0.905. The molecule has 4 nitrogen and oxygen atoms in total. The van der Waals surface area contributed by atoms with Gasteiger partial charge in [-0.15, -0.1) is 0 Å². The number of nitriles is 1. The Hall–Kier alpha value is -2.59. The highest BCUT2D eigenvalue weighted by Crippen LogP contribution is 2.34. The Balaban J connectivity index is 2.66. The van der Waals surface area contributed by atoms with E-state index in [1.165, 1.54) is 18.2 Å². The van der Waals surface area contributed by atoms with Gasteiger partial charge in [-0.2, -0.15) is 18.4 Å². The lowest BCUT2D eigenvalue weighted by atomic mass is 9.99. The molecule has 0 radical (unpaired) electrons. The van der Waals surface area contributed by atoms with E-state index in [2.05, 4.69) is 4.98 Å². The zero-order valence-corrected chi connectivity index (χ0v) is 11.4. The van der Waals surface area contributed by atoms with Crippen molar-refractivity contribution in [2.45, 2.75) is 6.18 Å². The van der Waals surface area contributed by atoms with Crippen molar-refractivity contribution < 1.29 is 23.1 Å². The Bertz CT molecular complexity index is 798. The van der Waals surface area contributed by atoms with Gasteiger partial charge in [0.15, 0.2) is 0 Å². The highest BCUT2D eigenvalue weighted by Gasteiger charge is 2.33. The molecule has 2 aromatic rings. The third-order valence-electron chi connectivity index (χ3n) is 2.82. The van der Waals surface area contributed by atoms with Gasteiger partial charge in [0, 0.05) is 22.3 Å². The minimum atomic E-state index is -4.68. The average molecular weight is 327 g/mol. The number of rotatable bonds is 2. The second-order valence-electron chi connectivity index (χ2n) is 4.22. The number of carboxylic acid groups (broad SMARTS) is 1. The van der Waals surface area contributed by atoms with Gasteiger partial charge < -0.3 is 5.11 Å². The molecule has 0 atom stereocenters. The Morgan fingerprint density at radius 3 is 2.50 bits per heavy atom. The van der Waals surface area contributed by atoms with Gasteiger partial charge in [-0.25, -0.2) is 4.79 Å². The SMILES string of the molecule is N#Cc1cc(C(F)(F)F)ncc1-c1cc(C(=O)O)ccc1Cl. The standard InChI is InChI=1S/C14H6ClF3N2O2/c15-11-2-1-7(13(21)22)3-9(11)10-6-20-12(14(16,17)18)4-8(10)5-19/h1-4,6H,(H,21,22). The van der Waals surface area contributed by atoms with Crippen molar-refractivity contribution in [3.63, 3.8) is 0 Å². The number of aromatic carboxylic acids is 1. The second-order valence-corrected chi connectivity index (χ2v) is 4.63. The Labute approximate surface area is 127 Å². The van der Waals surface area contributed by atoms with Gasteiger partial charge >= 0.3 is 12.1 Å². The summed E-state index contributed by atoms with van der Waals surface area (Å²) in [6.07, 6.45) is -3.83. The first kappa shape index (κ1) is 15.8. The number of carbonyl (C=O) groups is 1. The molecule has 0 saturated carbocycles. The van der Waals surface area contributed by atoms with Crippen molar-refractivity contribution in [3.8, 4) is 17.2 Å². The number of carboxylic acids is 1. The van der Waals surface area contributed by atoms with E-state index in [1.54, 1.807) is 6.07 Å². The Morgan fingerprint density at radius 2 is 1.95 bits per heavy atom. The molecule has 1 aromatic heterocycles. The monoisotopic (exact) mass is 326 g/mol. The van der Waals surface area contributed by atoms with Gasteiger partial charge in [0.25, 0.3) is 0 Å². The molecule has 1 N–H and O–H groups in total. The highest BCUT2D eigenvalue weighted by molar-refractivity contribution is 6.33. The van der Waals surface area contributed by atoms with E-state index in [0.29, 0.717) is 6.07 Å². The fourth-order valence-electron chi connectivity index (χ4n) is 1.78. The summed E-state index contributed by atoms with van der Waals surface area (Å²) in [7, 11) is 0. The largest absolute Gasteiger partial charge is 0.478 e. The minimum absolute atomic E-state index is 0.0311. The van der Waals surface area contributed by atoms with E-state index < -0.39 is 17.8 Å². The Morgan fingerprint density at radius 1 is 1.27 bits per heavy atom. The first-order valence-electron chi connectivity index (χ1n) is 5.74. The summed E-state index contributed by atoms with van der Waals surface area (Å²) in [5.41, 5.74) is -1.46. The van der Waals surface area contributed by atoms with Crippen LogP contribution in [0.15, 0.2) is 30.5 Å². The molecule has 1 heterocycles. The minimum Gasteiger partial charge on any atom is -0.478 e. The van der Waals surface area contributed by atoms with Crippen LogP contribution in [0.3, 0.4) is 0 Å². The summed E-state index contributed by atoms with van der Waals surface area (Å²) in [5.74, 6) is -1.23. The first-order valence-corrected chi connectivity index (χ1v) is 6.12. The van der Waals surface area contributed by atoms with Crippen molar-refractivity contribution in [1.29, 1.82) is 5.26 Å². The maximum absolute atomic E-state index is 12.6. The molecule has 0 fully saturated rings. The number of alkyl halides is 3. The smallest absolute Gasteiger partial charge is 0.433 e. The molecule has 0 aliphatic rings. The molecular weight excluding hydrogens is 321 g/mol. The highest BCUT2D eigenvalue weighted by atomic mass is 35.5. The molecular formula is C14H6ClF3N2O2. The van der Waals surface area contributed by atoms with E-state index in [4.69, 9.17) is 22.0 Å². The van der Waals surface area contributed by atoms with Gasteiger partial charge in [-0.1, -0.05) is 11.6 Å². The summed E-state index contributed by atoms with van der Waals surface area (Å²) in [5, 5.41) is 18.1. The van der Waals surface area contributed by atoms with Crippen LogP contribution in [-0.2, 0) is 6.18 Å². The molecule has 22 heavy (non-hydrogen) atoms. The predicted molar refractivity (Wildman–Crippen MR) is 71.4 cm³/mol. The van der Waals surface area contributed by atoms with Gasteiger partial charge in [0.2, 0.25) is 0 Å². The van der Waals surface area contributed by atoms with Gasteiger partial charge in [-0.3, -0.25) is 4.98 Å². The second kappa shape index (κ2) is 5.66. The molecule has 0 unspecified atom stereocenters. The average Bonchev–Trinajstić information content (AvgIpc) is 2.46. The molecule has 0 bridgehead atoms. The van der Waals surface area contributed by atoms with Crippen molar-refractivity contribution in [3.05, 3.63) is 52.3 Å². The molecule has 1 aromatic carbocycles. The fourth-order valence-corrected chi connectivity index (χ4v) is 2.00. The van der Waals surface area contributed by atoms with Crippen molar-refractivity contribution in [2.24, 2.45) is 0 Å². The third kappa shape index (κ3) is 3.02. The number of pyridine rings is 1. The molecule has 0 amide bonds. The zero-order chi connectivity index (χ0) is 16.5. The van der Waals surface area contributed by atoms with Crippen LogP contribution in [-0.4, -0.2) is 16.1 Å². The number of halogens is 4. The van der Waals surface area contributed by atoms with Crippen LogP contribution in [0.5, 0.6) is 0 Å². The van der Waals surface area contributed by atoms with Gasteiger partial charge in [0.1, 0.15) is 5.69 Å². The maximum Gasteiger partial charge on any atom is 0.433 e. The Kier molecular flexibility index (Phi) is 4.06. The first-order chi connectivity index (χ1) is 10.2. The van der Waals surface area contributed by atoms with Crippen molar-refractivity contribution in [2.75, 3.05) is 0 Å². The lowest BCUT2D eigenvalue weighted by Crippen LogP contribution is -2.08. The summed E-state index contributed by atoms with van der Waals surface area (Å²) in [4.78, 5) is 14.2. The number of aromatic nitrogens is 1. The van der Waals surface area contributed by atoms with E-state index in [1.807, 2.05) is 0 Å². The van der Waals surface area contributed by atoms with E-state index >= 15 is 0 Å². The topological polar surface area (TPSA) is 74.0 Å². The van der Waals surface area contributed by atoms with Crippen LogP contribution in [0, 0.1) is 11.3 Å². The molecule has 0 aliphatic carbocycles. The molecule has 8 heteroatoms. The molecule has 2 rings (SSSR count). The van der Waals surface area contributed by atoms with Gasteiger partial charge in [-0.05, 0) is 24.3 Å². The van der Waals surface area contributed by atoms with Crippen LogP contribution in [0.25, 0.3) is 11.1 Å². The number of hydrogen-bond acceptors (Lipinski definition) is 3. The summed E-state index contributed by atoms with van der Waals surface area (Å²) < 4.78 is 37.8. The predicted octanol–water partition coefficient (Wildman–Crippen LogP) is 3.99. The van der Waals surface area contributed by atoms with Gasteiger partial charge in [0.05, 0.1) is 17.2 Å². The molecule has 0 spiro atoms. The lowest BCUT2D eigenvalue weighted by Gasteiger charge is -2.10. The van der Waals surface area contributed by atoms with E-state index in [-0.39, 0.29) is 27.3 Å². The van der Waals surface area contributed by atoms with Crippen LogP contribution in [0.2, 0.25) is 5.02 Å². The van der Waals surface area contributed by atoms with Crippen LogP contribution < -0.4 is 0 Å². The number of nitrogens with zero attached hydrogens (tertiary/aromatic N) is 2. The molecule has 0 aliphatic heterocycles. The van der Waals surface area contributed by atoms with Crippen LogP contribution in [0.4, 0.5) is 13.2 Å². The summed E-state index contributed by atoms with van der Waals surface area (Å²) >= 11 is 5.94. The maximum atomic E-state index is 12.6. The third-order valence-corrected chi connectivity index (χ3v) is 3.15. The molecule has 0 saturated heterocycles. The van der Waals surface area contributed by atoms with Crippen molar-refractivity contribution in [1.82, 2.24) is 4.98 Å². The van der Waals surface area contributed by atoms with E-state index in [9.17, 15) is 18.0 Å². The summed E-state index contributed by atoms with van der Waals surface area (Å²) in [6, 6.07) is 5.95. The molecule has 112 valence electrons. The fraction of sp³-hybridized carbons (Fsp3) is 0.0714.